The van der Waals surface area contributed by atoms with Gasteiger partial charge in [0.15, 0.2) is 5.76 Å². The molecule has 0 atom stereocenters. The Balaban J connectivity index is 1.92. The van der Waals surface area contributed by atoms with Gasteiger partial charge in [-0.3, -0.25) is 9.79 Å². The van der Waals surface area contributed by atoms with E-state index in [4.69, 9.17) is 9.15 Å². The molecule has 1 aliphatic rings. The fraction of sp³-hybridized carbons (Fsp3) is 0.111. The molecule has 24 heavy (non-hydrogen) atoms. The molecule has 1 aliphatic heterocycles. The predicted molar refractivity (Wildman–Crippen MR) is 96.0 cm³/mol. The van der Waals surface area contributed by atoms with Crippen molar-refractivity contribution >= 4 is 44.2 Å². The maximum Gasteiger partial charge on any atom is 0.246 e. The minimum Gasteiger partial charge on any atom is -0.497 e. The van der Waals surface area contributed by atoms with Gasteiger partial charge in [-0.2, -0.15) is 0 Å². The Labute approximate surface area is 146 Å². The molecule has 0 radical (unpaired) electrons. The van der Waals surface area contributed by atoms with Crippen LogP contribution >= 0.6 is 15.9 Å². The third kappa shape index (κ3) is 2.49. The molecule has 0 saturated carbocycles. The van der Waals surface area contributed by atoms with Crippen LogP contribution in [0.25, 0.3) is 11.0 Å². The van der Waals surface area contributed by atoms with Crippen LogP contribution in [-0.4, -0.2) is 25.3 Å². The molecule has 0 aliphatic carbocycles. The van der Waals surface area contributed by atoms with Gasteiger partial charge in [0.2, 0.25) is 5.91 Å². The summed E-state index contributed by atoms with van der Waals surface area (Å²) < 4.78 is 12.1. The highest BCUT2D eigenvalue weighted by Crippen LogP contribution is 2.35. The van der Waals surface area contributed by atoms with Crippen LogP contribution < -0.4 is 10.1 Å². The summed E-state index contributed by atoms with van der Waals surface area (Å²) in [4.78, 5) is 16.5. The van der Waals surface area contributed by atoms with Crippen LogP contribution in [0.3, 0.4) is 0 Å². The van der Waals surface area contributed by atoms with Gasteiger partial charge in [0, 0.05) is 15.4 Å². The number of benzene rings is 2. The second-order valence-electron chi connectivity index (χ2n) is 5.39. The first-order chi connectivity index (χ1) is 11.7. The number of amides is 1. The number of aliphatic imine (C=N–C) groups is 1. The first-order valence-electron chi connectivity index (χ1n) is 7.37. The number of hydrogen-bond acceptors (Lipinski definition) is 4. The van der Waals surface area contributed by atoms with E-state index in [-0.39, 0.29) is 12.5 Å². The number of nitrogens with one attached hydrogen (secondary N) is 1. The zero-order chi connectivity index (χ0) is 16.7. The van der Waals surface area contributed by atoms with E-state index in [1.165, 1.54) is 0 Å². The van der Waals surface area contributed by atoms with Crippen LogP contribution in [0.5, 0.6) is 5.75 Å². The fourth-order valence-electron chi connectivity index (χ4n) is 2.73. The van der Waals surface area contributed by atoms with Crippen molar-refractivity contribution in [1.82, 2.24) is 0 Å². The lowest BCUT2D eigenvalue weighted by Crippen LogP contribution is -2.13. The van der Waals surface area contributed by atoms with E-state index in [1.54, 1.807) is 7.11 Å². The number of nitrogens with zero attached hydrogens (tertiary/aromatic N) is 1. The SMILES string of the molecule is COc1ccc(C2=NCC(=O)Nc3c2oc2ccc(Br)cc32)cc1. The molecule has 0 spiro atoms. The summed E-state index contributed by atoms with van der Waals surface area (Å²) in [6.07, 6.45) is 0. The Kier molecular flexibility index (Phi) is 3.61. The van der Waals surface area contributed by atoms with Crippen LogP contribution in [0.1, 0.15) is 11.3 Å². The lowest BCUT2D eigenvalue weighted by molar-refractivity contribution is -0.114. The monoisotopic (exact) mass is 384 g/mol. The van der Waals surface area contributed by atoms with E-state index < -0.39 is 0 Å². The molecule has 1 N–H and O–H groups in total. The van der Waals surface area contributed by atoms with E-state index >= 15 is 0 Å². The van der Waals surface area contributed by atoms with Crippen molar-refractivity contribution in [3.8, 4) is 5.75 Å². The molecule has 0 unspecified atom stereocenters. The summed E-state index contributed by atoms with van der Waals surface area (Å²) in [5.41, 5.74) is 2.87. The largest absolute Gasteiger partial charge is 0.497 e. The quantitative estimate of drug-likeness (QED) is 0.726. The number of anilines is 1. The molecule has 3 aromatic rings. The number of methoxy groups -OCH3 is 1. The van der Waals surface area contributed by atoms with Gasteiger partial charge < -0.3 is 14.5 Å². The van der Waals surface area contributed by atoms with Gasteiger partial charge in [-0.15, -0.1) is 0 Å². The molecular weight excluding hydrogens is 372 g/mol. The highest BCUT2D eigenvalue weighted by Gasteiger charge is 2.24. The molecule has 0 bridgehead atoms. The van der Waals surface area contributed by atoms with Crippen LogP contribution in [0, 0.1) is 0 Å². The average molecular weight is 385 g/mol. The van der Waals surface area contributed by atoms with E-state index in [1.807, 2.05) is 42.5 Å². The van der Waals surface area contributed by atoms with Gasteiger partial charge in [-0.25, -0.2) is 0 Å². The van der Waals surface area contributed by atoms with E-state index in [0.29, 0.717) is 22.7 Å². The minimum atomic E-state index is -0.164. The summed E-state index contributed by atoms with van der Waals surface area (Å²) in [5.74, 6) is 1.16. The molecule has 1 aromatic heterocycles. The Hall–Kier alpha value is -2.60. The summed E-state index contributed by atoms with van der Waals surface area (Å²) in [7, 11) is 1.62. The van der Waals surface area contributed by atoms with Gasteiger partial charge in [0.05, 0.1) is 12.8 Å². The third-order valence-corrected chi connectivity index (χ3v) is 4.37. The minimum absolute atomic E-state index is 0.0566. The zero-order valence-electron chi connectivity index (χ0n) is 12.8. The van der Waals surface area contributed by atoms with Gasteiger partial charge >= 0.3 is 0 Å². The standard InChI is InChI=1S/C18H13BrN2O3/c1-23-12-5-2-10(3-6-12)16-18-17(21-15(22)9-20-16)13-8-11(19)4-7-14(13)24-18/h2-8H,9H2,1H3,(H,21,22). The summed E-state index contributed by atoms with van der Waals surface area (Å²) in [6, 6.07) is 13.2. The van der Waals surface area contributed by atoms with Gasteiger partial charge in [0.1, 0.15) is 23.6 Å². The van der Waals surface area contributed by atoms with Crippen molar-refractivity contribution in [2.45, 2.75) is 0 Å². The van der Waals surface area contributed by atoms with Crippen molar-refractivity contribution < 1.29 is 13.9 Å². The van der Waals surface area contributed by atoms with E-state index in [0.717, 1.165) is 21.2 Å². The second-order valence-corrected chi connectivity index (χ2v) is 6.30. The normalized spacial score (nSPS) is 13.9. The Morgan fingerprint density at radius 1 is 1.21 bits per heavy atom. The number of hydrogen-bond donors (Lipinski definition) is 1. The maximum absolute atomic E-state index is 12.1. The molecule has 4 rings (SSSR count). The highest BCUT2D eigenvalue weighted by atomic mass is 79.9. The first-order valence-corrected chi connectivity index (χ1v) is 8.16. The number of furan rings is 1. The number of carbonyl (C=O) groups excluding carboxylic acids is 1. The molecule has 2 heterocycles. The van der Waals surface area contributed by atoms with Crippen molar-refractivity contribution in [3.05, 3.63) is 58.3 Å². The van der Waals surface area contributed by atoms with Crippen LogP contribution in [-0.2, 0) is 4.79 Å². The van der Waals surface area contributed by atoms with E-state index in [2.05, 4.69) is 26.2 Å². The molecule has 5 nitrogen and oxygen atoms in total. The van der Waals surface area contributed by atoms with Crippen LogP contribution in [0.2, 0.25) is 0 Å². The summed E-state index contributed by atoms with van der Waals surface area (Å²) in [5, 5.41) is 3.75. The van der Waals surface area contributed by atoms with Crippen molar-refractivity contribution in [2.24, 2.45) is 4.99 Å². The number of ether oxygens (including phenoxy) is 1. The fourth-order valence-corrected chi connectivity index (χ4v) is 3.09. The Bertz CT molecular complexity index is 974. The van der Waals surface area contributed by atoms with Crippen LogP contribution in [0.4, 0.5) is 5.69 Å². The first kappa shape index (κ1) is 15.0. The van der Waals surface area contributed by atoms with Gasteiger partial charge in [-0.1, -0.05) is 15.9 Å². The molecule has 1 amide bonds. The zero-order valence-corrected chi connectivity index (χ0v) is 14.4. The predicted octanol–water partition coefficient (Wildman–Crippen LogP) is 3.99. The molecular formula is C18H13BrN2O3. The molecule has 0 fully saturated rings. The summed E-state index contributed by atoms with van der Waals surface area (Å²) >= 11 is 3.46. The number of fused-ring (bicyclic) bond motifs is 3. The Morgan fingerprint density at radius 3 is 2.75 bits per heavy atom. The third-order valence-electron chi connectivity index (χ3n) is 3.87. The average Bonchev–Trinajstić information content (AvgIpc) is 2.84. The smallest absolute Gasteiger partial charge is 0.246 e. The summed E-state index contributed by atoms with van der Waals surface area (Å²) in [6.45, 7) is 0.0566. The number of rotatable bonds is 2. The van der Waals surface area contributed by atoms with Crippen molar-refractivity contribution in [2.75, 3.05) is 19.0 Å². The lowest BCUT2D eigenvalue weighted by Gasteiger charge is -2.05. The van der Waals surface area contributed by atoms with E-state index in [9.17, 15) is 4.79 Å². The molecule has 120 valence electrons. The van der Waals surface area contributed by atoms with Crippen LogP contribution in [0.15, 0.2) is 56.3 Å². The number of halogens is 1. The topological polar surface area (TPSA) is 63.8 Å². The molecule has 0 saturated heterocycles. The molecule has 6 heteroatoms. The van der Waals surface area contributed by atoms with Crippen molar-refractivity contribution in [3.63, 3.8) is 0 Å². The lowest BCUT2D eigenvalue weighted by atomic mass is 10.1. The van der Waals surface area contributed by atoms with Gasteiger partial charge in [-0.05, 0) is 42.5 Å². The number of carbonyl (C=O) groups is 1. The Morgan fingerprint density at radius 2 is 2.00 bits per heavy atom. The highest BCUT2D eigenvalue weighted by molar-refractivity contribution is 9.10. The maximum atomic E-state index is 12.1. The van der Waals surface area contributed by atoms with Gasteiger partial charge in [0.25, 0.3) is 0 Å². The molecule has 2 aromatic carbocycles. The second kappa shape index (κ2) is 5.79. The van der Waals surface area contributed by atoms with Crippen molar-refractivity contribution in [1.29, 1.82) is 0 Å².